The van der Waals surface area contributed by atoms with Gasteiger partial charge in [0, 0.05) is 5.02 Å². The second-order valence-electron chi connectivity index (χ2n) is 2.98. The van der Waals surface area contributed by atoms with Gasteiger partial charge in [0.25, 0.3) is 5.91 Å². The number of carbonyl (C=O) groups excluding carboxylic acids is 1. The summed E-state index contributed by atoms with van der Waals surface area (Å²) in [6.45, 7) is 0. The van der Waals surface area contributed by atoms with Gasteiger partial charge in [0.2, 0.25) is 0 Å². The Morgan fingerprint density at radius 1 is 1.31 bits per heavy atom. The molecule has 2 atom stereocenters. The van der Waals surface area contributed by atoms with E-state index < -0.39 is 6.10 Å². The van der Waals surface area contributed by atoms with Crippen LogP contribution in [0.3, 0.4) is 0 Å². The van der Waals surface area contributed by atoms with E-state index in [9.17, 15) is 9.90 Å². The number of β-lactam (4-membered cyclic amide) rings is 1. The van der Waals surface area contributed by atoms with Crippen molar-refractivity contribution >= 4 is 17.5 Å². The molecule has 0 saturated carbocycles. The Hall–Kier alpha value is -1.06. The molecule has 0 aromatic heterocycles. The van der Waals surface area contributed by atoms with E-state index in [1.807, 2.05) is 0 Å². The number of hydrogen-bond donors (Lipinski definition) is 2. The number of nitrogens with one attached hydrogen (secondary N) is 1. The average Bonchev–Trinajstić information content (AvgIpc) is 2.15. The first-order chi connectivity index (χ1) is 6.18. The highest BCUT2D eigenvalue weighted by Crippen LogP contribution is 2.25. The highest BCUT2D eigenvalue weighted by atomic mass is 35.5. The van der Waals surface area contributed by atoms with Gasteiger partial charge < -0.3 is 10.4 Å². The lowest BCUT2D eigenvalue weighted by Gasteiger charge is -2.33. The average molecular weight is 198 g/mol. The van der Waals surface area contributed by atoms with Crippen molar-refractivity contribution in [3.63, 3.8) is 0 Å². The van der Waals surface area contributed by atoms with E-state index in [1.54, 1.807) is 24.3 Å². The van der Waals surface area contributed by atoms with E-state index >= 15 is 0 Å². The zero-order valence-corrected chi connectivity index (χ0v) is 7.45. The van der Waals surface area contributed by atoms with Gasteiger partial charge in [0.15, 0.2) is 6.10 Å². The van der Waals surface area contributed by atoms with Gasteiger partial charge >= 0.3 is 0 Å². The third-order valence-electron chi connectivity index (χ3n) is 2.11. The summed E-state index contributed by atoms with van der Waals surface area (Å²) in [5.41, 5.74) is 0.872. The van der Waals surface area contributed by atoms with Crippen LogP contribution in [-0.2, 0) is 4.79 Å². The predicted molar refractivity (Wildman–Crippen MR) is 48.3 cm³/mol. The molecule has 2 unspecified atom stereocenters. The summed E-state index contributed by atoms with van der Waals surface area (Å²) in [5, 5.41) is 12.5. The van der Waals surface area contributed by atoms with Crippen LogP contribution in [0.15, 0.2) is 24.3 Å². The summed E-state index contributed by atoms with van der Waals surface area (Å²) in [5.74, 6) is -0.319. The number of hydrogen-bond acceptors (Lipinski definition) is 2. The lowest BCUT2D eigenvalue weighted by Crippen LogP contribution is -2.55. The molecule has 1 aromatic rings. The lowest BCUT2D eigenvalue weighted by molar-refractivity contribution is -0.142. The summed E-state index contributed by atoms with van der Waals surface area (Å²) in [7, 11) is 0. The number of carbonyl (C=O) groups is 1. The van der Waals surface area contributed by atoms with Crippen molar-refractivity contribution in [3.8, 4) is 0 Å². The Labute approximate surface area is 80.3 Å². The lowest BCUT2D eigenvalue weighted by atomic mass is 9.94. The molecule has 3 nitrogen and oxygen atoms in total. The minimum atomic E-state index is -0.916. The molecule has 1 saturated heterocycles. The van der Waals surface area contributed by atoms with E-state index in [-0.39, 0.29) is 11.9 Å². The van der Waals surface area contributed by atoms with Crippen LogP contribution in [0.4, 0.5) is 0 Å². The van der Waals surface area contributed by atoms with Crippen molar-refractivity contribution in [2.75, 3.05) is 0 Å². The molecule has 1 aromatic carbocycles. The SMILES string of the molecule is O=C1NC(c2ccc(Cl)cc2)C1O. The van der Waals surface area contributed by atoms with Crippen molar-refractivity contribution < 1.29 is 9.90 Å². The van der Waals surface area contributed by atoms with E-state index in [0.717, 1.165) is 5.56 Å². The molecule has 1 amide bonds. The minimum Gasteiger partial charge on any atom is -0.381 e. The largest absolute Gasteiger partial charge is 0.381 e. The van der Waals surface area contributed by atoms with E-state index in [1.165, 1.54) is 0 Å². The molecular weight excluding hydrogens is 190 g/mol. The zero-order chi connectivity index (χ0) is 9.42. The van der Waals surface area contributed by atoms with Crippen LogP contribution in [-0.4, -0.2) is 17.1 Å². The van der Waals surface area contributed by atoms with Crippen LogP contribution < -0.4 is 5.32 Å². The maximum atomic E-state index is 10.7. The summed E-state index contributed by atoms with van der Waals surface area (Å²) in [4.78, 5) is 10.7. The molecule has 1 fully saturated rings. The number of benzene rings is 1. The molecule has 1 aliphatic heterocycles. The second-order valence-corrected chi connectivity index (χ2v) is 3.42. The van der Waals surface area contributed by atoms with Gasteiger partial charge in [-0.05, 0) is 17.7 Å². The fraction of sp³-hybridized carbons (Fsp3) is 0.222. The molecule has 68 valence electrons. The predicted octanol–water partition coefficient (Wildman–Crippen LogP) is 0.872. The van der Waals surface area contributed by atoms with Crippen molar-refractivity contribution in [2.45, 2.75) is 12.1 Å². The van der Waals surface area contributed by atoms with E-state index in [4.69, 9.17) is 11.6 Å². The molecular formula is C9H8ClNO2. The number of amides is 1. The standard InChI is InChI=1S/C9H8ClNO2/c10-6-3-1-5(2-4-6)7-8(12)9(13)11-7/h1-4,7-8,12H,(H,11,13). The molecule has 13 heavy (non-hydrogen) atoms. The summed E-state index contributed by atoms with van der Waals surface area (Å²) in [6, 6.07) is 6.76. The van der Waals surface area contributed by atoms with Crippen molar-refractivity contribution in [2.24, 2.45) is 0 Å². The molecule has 2 rings (SSSR count). The molecule has 0 spiro atoms. The number of aliphatic hydroxyl groups excluding tert-OH is 1. The summed E-state index contributed by atoms with van der Waals surface area (Å²) < 4.78 is 0. The number of aliphatic hydroxyl groups is 1. The van der Waals surface area contributed by atoms with Gasteiger partial charge in [0.05, 0.1) is 6.04 Å². The first-order valence-electron chi connectivity index (χ1n) is 3.92. The van der Waals surface area contributed by atoms with Gasteiger partial charge in [-0.2, -0.15) is 0 Å². The van der Waals surface area contributed by atoms with Crippen molar-refractivity contribution in [1.29, 1.82) is 0 Å². The molecule has 0 bridgehead atoms. The fourth-order valence-corrected chi connectivity index (χ4v) is 1.43. The zero-order valence-electron chi connectivity index (χ0n) is 6.70. The molecule has 1 heterocycles. The first-order valence-corrected chi connectivity index (χ1v) is 4.30. The molecule has 4 heteroatoms. The minimum absolute atomic E-state index is 0.273. The third kappa shape index (κ3) is 1.41. The maximum absolute atomic E-state index is 10.7. The van der Waals surface area contributed by atoms with Crippen LogP contribution in [0, 0.1) is 0 Å². The van der Waals surface area contributed by atoms with Crippen LogP contribution >= 0.6 is 11.6 Å². The first kappa shape index (κ1) is 8.53. The van der Waals surface area contributed by atoms with Gasteiger partial charge in [-0.15, -0.1) is 0 Å². The Morgan fingerprint density at radius 2 is 1.92 bits per heavy atom. The van der Waals surface area contributed by atoms with Gasteiger partial charge in [0.1, 0.15) is 0 Å². The third-order valence-corrected chi connectivity index (χ3v) is 2.36. The smallest absolute Gasteiger partial charge is 0.251 e. The van der Waals surface area contributed by atoms with E-state index in [2.05, 4.69) is 5.32 Å². The number of halogens is 1. The fourth-order valence-electron chi connectivity index (χ4n) is 1.31. The van der Waals surface area contributed by atoms with Crippen molar-refractivity contribution in [1.82, 2.24) is 5.32 Å². The molecule has 1 aliphatic rings. The van der Waals surface area contributed by atoms with Crippen LogP contribution in [0.2, 0.25) is 5.02 Å². The topological polar surface area (TPSA) is 49.3 Å². The molecule has 0 radical (unpaired) electrons. The summed E-state index contributed by atoms with van der Waals surface area (Å²) >= 11 is 5.69. The Balaban J connectivity index is 2.18. The Bertz CT molecular complexity index is 336. The second kappa shape index (κ2) is 3.01. The molecule has 0 aliphatic carbocycles. The van der Waals surface area contributed by atoms with Crippen LogP contribution in [0.25, 0.3) is 0 Å². The van der Waals surface area contributed by atoms with Crippen molar-refractivity contribution in [3.05, 3.63) is 34.9 Å². The quantitative estimate of drug-likeness (QED) is 0.657. The van der Waals surface area contributed by atoms with Gasteiger partial charge in [-0.1, -0.05) is 23.7 Å². The number of rotatable bonds is 1. The Morgan fingerprint density at radius 3 is 2.38 bits per heavy atom. The maximum Gasteiger partial charge on any atom is 0.251 e. The monoisotopic (exact) mass is 197 g/mol. The van der Waals surface area contributed by atoms with Gasteiger partial charge in [-0.3, -0.25) is 4.79 Å². The highest BCUT2D eigenvalue weighted by Gasteiger charge is 2.38. The Kier molecular flexibility index (Phi) is 1.98. The summed E-state index contributed by atoms with van der Waals surface area (Å²) in [6.07, 6.45) is -0.916. The molecule has 2 N–H and O–H groups in total. The van der Waals surface area contributed by atoms with Gasteiger partial charge in [-0.25, -0.2) is 0 Å². The van der Waals surface area contributed by atoms with Crippen LogP contribution in [0.1, 0.15) is 11.6 Å². The van der Waals surface area contributed by atoms with Crippen LogP contribution in [0.5, 0.6) is 0 Å². The highest BCUT2D eigenvalue weighted by molar-refractivity contribution is 6.30. The van der Waals surface area contributed by atoms with E-state index in [0.29, 0.717) is 5.02 Å². The normalized spacial score (nSPS) is 26.5.